The van der Waals surface area contributed by atoms with Crippen molar-refractivity contribution in [3.63, 3.8) is 0 Å². The molecule has 2 aromatic carbocycles. The Balaban J connectivity index is 1.61. The van der Waals surface area contributed by atoms with Gasteiger partial charge in [0.1, 0.15) is 5.75 Å². The minimum atomic E-state index is 0.211. The molecule has 0 heterocycles. The Hall–Kier alpha value is -1.55. The van der Waals surface area contributed by atoms with Crippen LogP contribution in [-0.4, -0.2) is 19.2 Å². The highest BCUT2D eigenvalue weighted by Gasteiger charge is 1.99. The van der Waals surface area contributed by atoms with Crippen LogP contribution in [-0.2, 0) is 13.1 Å². The van der Waals surface area contributed by atoms with E-state index in [1.165, 1.54) is 5.56 Å². The van der Waals surface area contributed by atoms with Crippen molar-refractivity contribution in [2.45, 2.75) is 33.0 Å². The van der Waals surface area contributed by atoms with Crippen molar-refractivity contribution in [1.29, 1.82) is 0 Å². The van der Waals surface area contributed by atoms with E-state index in [2.05, 4.69) is 22.8 Å². The number of hydrogen-bond acceptors (Lipinski definition) is 3. The Morgan fingerprint density at radius 2 is 1.57 bits per heavy atom. The number of hydrogen-bond donors (Lipinski definition) is 2. The molecule has 0 atom stereocenters. The Morgan fingerprint density at radius 1 is 0.913 bits per heavy atom. The normalized spacial score (nSPS) is 11.0. The van der Waals surface area contributed by atoms with Crippen molar-refractivity contribution in [2.75, 3.05) is 13.1 Å². The van der Waals surface area contributed by atoms with E-state index in [4.69, 9.17) is 16.3 Å². The third-order valence-electron chi connectivity index (χ3n) is 3.38. The Morgan fingerprint density at radius 3 is 2.22 bits per heavy atom. The maximum absolute atomic E-state index is 6.12. The van der Waals surface area contributed by atoms with E-state index >= 15 is 0 Å². The molecule has 0 amide bonds. The molecule has 3 nitrogen and oxygen atoms in total. The van der Waals surface area contributed by atoms with Gasteiger partial charge in [0.15, 0.2) is 0 Å². The van der Waals surface area contributed by atoms with Gasteiger partial charge in [-0.1, -0.05) is 41.9 Å². The van der Waals surface area contributed by atoms with Gasteiger partial charge in [-0.3, -0.25) is 0 Å². The van der Waals surface area contributed by atoms with Crippen LogP contribution in [0.5, 0.6) is 5.75 Å². The fourth-order valence-electron chi connectivity index (χ4n) is 2.23. The highest BCUT2D eigenvalue weighted by atomic mass is 35.5. The van der Waals surface area contributed by atoms with Crippen molar-refractivity contribution >= 4 is 11.6 Å². The summed E-state index contributed by atoms with van der Waals surface area (Å²) < 4.78 is 5.64. The molecule has 4 heteroatoms. The first kappa shape index (κ1) is 17.8. The van der Waals surface area contributed by atoms with Gasteiger partial charge in [0.2, 0.25) is 0 Å². The van der Waals surface area contributed by atoms with E-state index in [9.17, 15) is 0 Å². The third kappa shape index (κ3) is 6.61. The van der Waals surface area contributed by atoms with E-state index in [0.29, 0.717) is 0 Å². The molecule has 0 unspecified atom stereocenters. The molecule has 0 saturated heterocycles. The largest absolute Gasteiger partial charge is 0.491 e. The predicted molar refractivity (Wildman–Crippen MR) is 97.1 cm³/mol. The highest BCUT2D eigenvalue weighted by Crippen LogP contribution is 2.14. The second kappa shape index (κ2) is 9.56. The van der Waals surface area contributed by atoms with Gasteiger partial charge < -0.3 is 15.4 Å². The minimum Gasteiger partial charge on any atom is -0.491 e. The molecule has 0 bridgehead atoms. The van der Waals surface area contributed by atoms with E-state index in [1.807, 2.05) is 50.2 Å². The van der Waals surface area contributed by atoms with E-state index in [-0.39, 0.29) is 6.10 Å². The van der Waals surface area contributed by atoms with Crippen LogP contribution < -0.4 is 15.4 Å². The van der Waals surface area contributed by atoms with Crippen molar-refractivity contribution in [3.05, 3.63) is 64.7 Å². The zero-order valence-corrected chi connectivity index (χ0v) is 14.6. The van der Waals surface area contributed by atoms with Gasteiger partial charge in [-0.2, -0.15) is 0 Å². The van der Waals surface area contributed by atoms with Gasteiger partial charge >= 0.3 is 0 Å². The van der Waals surface area contributed by atoms with Crippen LogP contribution >= 0.6 is 11.6 Å². The van der Waals surface area contributed by atoms with Crippen molar-refractivity contribution < 1.29 is 4.74 Å². The van der Waals surface area contributed by atoms with Crippen LogP contribution in [0, 0.1) is 0 Å². The first-order valence-corrected chi connectivity index (χ1v) is 8.43. The van der Waals surface area contributed by atoms with Crippen LogP contribution in [0.15, 0.2) is 48.5 Å². The summed E-state index contributed by atoms with van der Waals surface area (Å²) in [5, 5.41) is 7.64. The molecule has 0 spiro atoms. The molecule has 0 radical (unpaired) electrons. The van der Waals surface area contributed by atoms with Crippen molar-refractivity contribution in [1.82, 2.24) is 10.6 Å². The smallest absolute Gasteiger partial charge is 0.119 e. The number of ether oxygens (including phenoxy) is 1. The summed E-state index contributed by atoms with van der Waals surface area (Å²) in [6, 6.07) is 16.2. The Bertz CT molecular complexity index is 584. The zero-order chi connectivity index (χ0) is 16.5. The third-order valence-corrected chi connectivity index (χ3v) is 3.74. The topological polar surface area (TPSA) is 33.3 Å². The minimum absolute atomic E-state index is 0.211. The fraction of sp³-hybridized carbons (Fsp3) is 0.368. The fourth-order valence-corrected chi connectivity index (χ4v) is 2.43. The summed E-state index contributed by atoms with van der Waals surface area (Å²) >= 11 is 6.12. The second-order valence-corrected chi connectivity index (χ2v) is 6.16. The standard InChI is InChI=1S/C19H25ClN2O/c1-15(2)23-18-9-7-16(8-10-18)13-21-11-12-22-14-17-5-3-4-6-19(17)20/h3-10,15,21-22H,11-14H2,1-2H3. The predicted octanol–water partition coefficient (Wildman–Crippen LogP) is 4.01. The van der Waals surface area contributed by atoms with Crippen molar-refractivity contribution in [2.24, 2.45) is 0 Å². The molecular formula is C19H25ClN2O. The molecule has 2 rings (SSSR count). The van der Waals surface area contributed by atoms with Crippen molar-refractivity contribution in [3.8, 4) is 5.75 Å². The number of halogens is 1. The van der Waals surface area contributed by atoms with Gasteiger partial charge in [0, 0.05) is 31.2 Å². The molecule has 0 aliphatic heterocycles. The maximum Gasteiger partial charge on any atom is 0.119 e. The van der Waals surface area contributed by atoms with E-state index in [1.54, 1.807) is 0 Å². The molecule has 0 fully saturated rings. The summed E-state index contributed by atoms with van der Waals surface area (Å²) in [6.45, 7) is 7.53. The highest BCUT2D eigenvalue weighted by molar-refractivity contribution is 6.31. The van der Waals surface area contributed by atoms with E-state index in [0.717, 1.165) is 42.5 Å². The molecule has 2 aromatic rings. The lowest BCUT2D eigenvalue weighted by Crippen LogP contribution is -2.26. The van der Waals surface area contributed by atoms with Gasteiger partial charge in [-0.15, -0.1) is 0 Å². The molecule has 23 heavy (non-hydrogen) atoms. The maximum atomic E-state index is 6.12. The first-order chi connectivity index (χ1) is 11.1. The average molecular weight is 333 g/mol. The van der Waals surface area contributed by atoms with Crippen LogP contribution in [0.2, 0.25) is 5.02 Å². The van der Waals surface area contributed by atoms with Gasteiger partial charge in [-0.25, -0.2) is 0 Å². The molecule has 2 N–H and O–H groups in total. The lowest BCUT2D eigenvalue weighted by molar-refractivity contribution is 0.242. The molecule has 0 aliphatic rings. The van der Waals surface area contributed by atoms with Crippen LogP contribution in [0.4, 0.5) is 0 Å². The summed E-state index contributed by atoms with van der Waals surface area (Å²) in [4.78, 5) is 0. The SMILES string of the molecule is CC(C)Oc1ccc(CNCCNCc2ccccc2Cl)cc1. The number of nitrogens with one attached hydrogen (secondary N) is 2. The number of benzene rings is 2. The lowest BCUT2D eigenvalue weighted by atomic mass is 10.2. The van der Waals surface area contributed by atoms with Crippen LogP contribution in [0.3, 0.4) is 0 Å². The molecule has 124 valence electrons. The quantitative estimate of drug-likeness (QED) is 0.681. The summed E-state index contributed by atoms with van der Waals surface area (Å²) in [5.74, 6) is 0.921. The molecule has 0 aliphatic carbocycles. The van der Waals surface area contributed by atoms with Gasteiger partial charge in [0.25, 0.3) is 0 Å². The zero-order valence-electron chi connectivity index (χ0n) is 13.8. The van der Waals surface area contributed by atoms with Crippen LogP contribution in [0.1, 0.15) is 25.0 Å². The summed E-state index contributed by atoms with van der Waals surface area (Å²) in [5.41, 5.74) is 2.39. The second-order valence-electron chi connectivity index (χ2n) is 5.76. The van der Waals surface area contributed by atoms with Gasteiger partial charge in [0.05, 0.1) is 6.10 Å². The molecule has 0 aromatic heterocycles. The molecule has 0 saturated carbocycles. The molecular weight excluding hydrogens is 308 g/mol. The average Bonchev–Trinajstić information content (AvgIpc) is 2.53. The van der Waals surface area contributed by atoms with Gasteiger partial charge in [-0.05, 0) is 43.2 Å². The van der Waals surface area contributed by atoms with E-state index < -0.39 is 0 Å². The summed E-state index contributed by atoms with van der Waals surface area (Å²) in [7, 11) is 0. The Kier molecular flexibility index (Phi) is 7.40. The number of rotatable bonds is 9. The summed E-state index contributed by atoms with van der Waals surface area (Å²) in [6.07, 6.45) is 0.211. The first-order valence-electron chi connectivity index (χ1n) is 8.05. The van der Waals surface area contributed by atoms with Crippen LogP contribution in [0.25, 0.3) is 0 Å². The Labute approximate surface area is 144 Å². The monoisotopic (exact) mass is 332 g/mol. The lowest BCUT2D eigenvalue weighted by Gasteiger charge is -2.11.